The Hall–Kier alpha value is -3.68. The van der Waals surface area contributed by atoms with E-state index in [0.29, 0.717) is 13.1 Å². The quantitative estimate of drug-likeness (QED) is 0.392. The van der Waals surface area contributed by atoms with Crippen LogP contribution in [0.1, 0.15) is 28.4 Å². The summed E-state index contributed by atoms with van der Waals surface area (Å²) in [6, 6.07) is 17.2. The zero-order valence-corrected chi connectivity index (χ0v) is 21.0. The number of piperazine rings is 1. The van der Waals surface area contributed by atoms with Crippen LogP contribution in [0.5, 0.6) is 5.75 Å². The standard InChI is InChI=1S/C29H32N4O3/c1-19-17-30-24(20(2)28(19)36-3)18-32-13-15-33(16-14-32)27(29(34)35)25-22-11-7-8-12-23(22)31-26(25)21-9-5-4-6-10-21/h4-12,17,27,31H,13-16,18H2,1-3H3,(H,34,35)/t27-/m0/s1. The van der Waals surface area contributed by atoms with E-state index in [1.807, 2.05) is 74.6 Å². The van der Waals surface area contributed by atoms with Crippen molar-refractivity contribution in [2.45, 2.75) is 26.4 Å². The van der Waals surface area contributed by atoms with E-state index in [1.54, 1.807) is 7.11 Å². The van der Waals surface area contributed by atoms with E-state index in [-0.39, 0.29) is 0 Å². The molecule has 4 aromatic rings. The third-order valence-corrected chi connectivity index (χ3v) is 7.21. The lowest BCUT2D eigenvalue weighted by atomic mass is 9.97. The number of nitrogens with one attached hydrogen (secondary N) is 1. The summed E-state index contributed by atoms with van der Waals surface area (Å²) in [5.41, 5.74) is 6.74. The van der Waals surface area contributed by atoms with Gasteiger partial charge in [-0.15, -0.1) is 0 Å². The van der Waals surface area contributed by atoms with E-state index in [9.17, 15) is 9.90 Å². The van der Waals surface area contributed by atoms with Crippen molar-refractivity contribution in [3.05, 3.63) is 83.2 Å². The molecule has 2 aromatic heterocycles. The molecule has 7 nitrogen and oxygen atoms in total. The van der Waals surface area contributed by atoms with Gasteiger partial charge in [0.15, 0.2) is 0 Å². The highest BCUT2D eigenvalue weighted by Crippen LogP contribution is 2.38. The number of para-hydroxylation sites is 1. The molecule has 5 rings (SSSR count). The fraction of sp³-hybridized carbons (Fsp3) is 0.310. The SMILES string of the molecule is COc1c(C)cnc(CN2CCN([C@H](C(=O)O)c3c(-c4ccccc4)[nH]c4ccccc34)CC2)c1C. The maximum atomic E-state index is 12.8. The largest absolute Gasteiger partial charge is 0.496 e. The van der Waals surface area contributed by atoms with Crippen LogP contribution in [0, 0.1) is 13.8 Å². The van der Waals surface area contributed by atoms with Crippen LogP contribution >= 0.6 is 0 Å². The number of carboxylic acids is 1. The summed E-state index contributed by atoms with van der Waals surface area (Å²) < 4.78 is 5.57. The number of methoxy groups -OCH3 is 1. The number of hydrogen-bond acceptors (Lipinski definition) is 5. The topological polar surface area (TPSA) is 81.7 Å². The van der Waals surface area contributed by atoms with Crippen LogP contribution in [-0.4, -0.2) is 64.1 Å². The lowest BCUT2D eigenvalue weighted by Crippen LogP contribution is -2.49. The summed E-state index contributed by atoms with van der Waals surface area (Å²) in [5, 5.41) is 11.4. The number of carbonyl (C=O) groups is 1. The van der Waals surface area contributed by atoms with Crippen molar-refractivity contribution in [2.75, 3.05) is 33.3 Å². The maximum Gasteiger partial charge on any atom is 0.325 e. The average Bonchev–Trinajstić information content (AvgIpc) is 3.27. The molecule has 1 aliphatic heterocycles. The number of benzene rings is 2. The maximum absolute atomic E-state index is 12.8. The van der Waals surface area contributed by atoms with E-state index >= 15 is 0 Å². The van der Waals surface area contributed by atoms with Crippen LogP contribution in [0.15, 0.2) is 60.8 Å². The molecule has 1 atom stereocenters. The smallest absolute Gasteiger partial charge is 0.325 e. The summed E-state index contributed by atoms with van der Waals surface area (Å²) in [7, 11) is 1.69. The number of nitrogens with zero attached hydrogens (tertiary/aromatic N) is 3. The minimum Gasteiger partial charge on any atom is -0.496 e. The van der Waals surface area contributed by atoms with Gasteiger partial charge in [0.05, 0.1) is 18.5 Å². The Bertz CT molecular complexity index is 1370. The second-order valence-electron chi connectivity index (χ2n) is 9.42. The van der Waals surface area contributed by atoms with Crippen molar-refractivity contribution in [3.63, 3.8) is 0 Å². The Kier molecular flexibility index (Phi) is 6.76. The molecule has 7 heteroatoms. The summed E-state index contributed by atoms with van der Waals surface area (Å²) in [6.45, 7) is 7.62. The predicted octanol–water partition coefficient (Wildman–Crippen LogP) is 4.80. The highest BCUT2D eigenvalue weighted by atomic mass is 16.5. The molecule has 0 amide bonds. The third kappa shape index (κ3) is 4.47. The van der Waals surface area contributed by atoms with Gasteiger partial charge in [-0.05, 0) is 25.5 Å². The zero-order chi connectivity index (χ0) is 25.2. The molecule has 0 aliphatic carbocycles. The van der Waals surface area contributed by atoms with Crippen LogP contribution in [0.4, 0.5) is 0 Å². The fourth-order valence-corrected chi connectivity index (χ4v) is 5.36. The molecule has 2 N–H and O–H groups in total. The third-order valence-electron chi connectivity index (χ3n) is 7.21. The average molecular weight is 485 g/mol. The summed E-state index contributed by atoms with van der Waals surface area (Å²) >= 11 is 0. The summed E-state index contributed by atoms with van der Waals surface area (Å²) in [4.78, 5) is 25.3. The minimum absolute atomic E-state index is 0.659. The van der Waals surface area contributed by atoms with Gasteiger partial charge >= 0.3 is 5.97 Å². The normalized spacial score (nSPS) is 15.8. The highest BCUT2D eigenvalue weighted by Gasteiger charge is 2.34. The van der Waals surface area contributed by atoms with Gasteiger partial charge in [0.25, 0.3) is 0 Å². The lowest BCUT2D eigenvalue weighted by molar-refractivity contribution is -0.144. The van der Waals surface area contributed by atoms with Crippen molar-refractivity contribution in [1.82, 2.24) is 19.8 Å². The molecular weight excluding hydrogens is 452 g/mol. The van der Waals surface area contributed by atoms with E-state index in [2.05, 4.69) is 19.8 Å². The first-order valence-corrected chi connectivity index (χ1v) is 12.3. The molecule has 0 unspecified atom stereocenters. The van der Waals surface area contributed by atoms with Crippen LogP contribution in [-0.2, 0) is 11.3 Å². The van der Waals surface area contributed by atoms with Crippen LogP contribution < -0.4 is 4.74 Å². The Labute approximate surface area is 211 Å². The molecule has 0 spiro atoms. The number of aryl methyl sites for hydroxylation is 1. The second kappa shape index (κ2) is 10.1. The van der Waals surface area contributed by atoms with Gasteiger partial charge in [-0.3, -0.25) is 19.6 Å². The molecule has 0 saturated carbocycles. The van der Waals surface area contributed by atoms with Crippen LogP contribution in [0.25, 0.3) is 22.2 Å². The van der Waals surface area contributed by atoms with E-state index in [1.165, 1.54) is 0 Å². The van der Waals surface area contributed by atoms with Crippen LogP contribution in [0.2, 0.25) is 0 Å². The Morgan fingerprint density at radius 2 is 1.75 bits per heavy atom. The predicted molar refractivity (Wildman–Crippen MR) is 141 cm³/mol. The molecular formula is C29H32N4O3. The van der Waals surface area contributed by atoms with Crippen LogP contribution in [0.3, 0.4) is 0 Å². The first-order valence-electron chi connectivity index (χ1n) is 12.3. The number of rotatable bonds is 7. The number of hydrogen-bond donors (Lipinski definition) is 2. The monoisotopic (exact) mass is 484 g/mol. The number of aliphatic carboxylic acids is 1. The molecule has 0 radical (unpaired) electrons. The molecule has 36 heavy (non-hydrogen) atoms. The number of H-pyrrole nitrogens is 1. The van der Waals surface area contributed by atoms with Crippen molar-refractivity contribution < 1.29 is 14.6 Å². The van der Waals surface area contributed by atoms with Crippen molar-refractivity contribution in [3.8, 4) is 17.0 Å². The number of ether oxygens (including phenoxy) is 1. The molecule has 0 bridgehead atoms. The number of pyridine rings is 1. The first kappa shape index (κ1) is 24.0. The number of aromatic amines is 1. The molecule has 1 fully saturated rings. The molecule has 1 saturated heterocycles. The summed E-state index contributed by atoms with van der Waals surface area (Å²) in [5.74, 6) is 0.0588. The molecule has 2 aromatic carbocycles. The van der Waals surface area contributed by atoms with Crippen molar-refractivity contribution in [2.24, 2.45) is 0 Å². The number of aromatic nitrogens is 2. The van der Waals surface area contributed by atoms with Crippen molar-refractivity contribution >= 4 is 16.9 Å². The van der Waals surface area contributed by atoms with E-state index in [0.717, 1.165) is 69.9 Å². The van der Waals surface area contributed by atoms with Gasteiger partial charge < -0.3 is 14.8 Å². The Morgan fingerprint density at radius 3 is 2.44 bits per heavy atom. The van der Waals surface area contributed by atoms with Gasteiger partial charge in [0, 0.05) is 66.5 Å². The van der Waals surface area contributed by atoms with Gasteiger partial charge in [-0.2, -0.15) is 0 Å². The van der Waals surface area contributed by atoms with Gasteiger partial charge in [0.1, 0.15) is 11.8 Å². The fourth-order valence-electron chi connectivity index (χ4n) is 5.36. The first-order chi connectivity index (χ1) is 17.5. The Morgan fingerprint density at radius 1 is 1.06 bits per heavy atom. The summed E-state index contributed by atoms with van der Waals surface area (Å²) in [6.07, 6.45) is 1.86. The van der Waals surface area contributed by atoms with E-state index in [4.69, 9.17) is 4.74 Å². The van der Waals surface area contributed by atoms with Gasteiger partial charge in [-0.25, -0.2) is 0 Å². The van der Waals surface area contributed by atoms with Gasteiger partial charge in [-0.1, -0.05) is 48.5 Å². The molecule has 3 heterocycles. The van der Waals surface area contributed by atoms with Gasteiger partial charge in [0.2, 0.25) is 0 Å². The lowest BCUT2D eigenvalue weighted by Gasteiger charge is -2.38. The zero-order valence-electron chi connectivity index (χ0n) is 21.0. The molecule has 186 valence electrons. The number of carboxylic acid groups (broad SMARTS) is 1. The number of fused-ring (bicyclic) bond motifs is 1. The highest BCUT2D eigenvalue weighted by molar-refractivity contribution is 5.95. The van der Waals surface area contributed by atoms with Crippen molar-refractivity contribution in [1.29, 1.82) is 0 Å². The molecule has 1 aliphatic rings. The van der Waals surface area contributed by atoms with E-state index < -0.39 is 12.0 Å². The minimum atomic E-state index is -0.828. The second-order valence-corrected chi connectivity index (χ2v) is 9.42. The Balaban J connectivity index is 1.41.